The van der Waals surface area contributed by atoms with Gasteiger partial charge in [0.15, 0.2) is 5.69 Å². The third kappa shape index (κ3) is 11.5. The molecule has 0 aliphatic rings. The Bertz CT molecular complexity index is 2060. The molecule has 288 valence electrons. The van der Waals surface area contributed by atoms with Gasteiger partial charge in [-0.1, -0.05) is 42.0 Å². The van der Waals surface area contributed by atoms with Crippen LogP contribution in [0, 0.1) is 20.1 Å². The van der Waals surface area contributed by atoms with Gasteiger partial charge in [-0.15, -0.1) is 10.2 Å². The molecule has 0 fully saturated rings. The number of nitrogens with zero attached hydrogens (tertiary/aromatic N) is 10. The second kappa shape index (κ2) is 21.6. The van der Waals surface area contributed by atoms with E-state index in [1.807, 2.05) is 57.9 Å². The van der Waals surface area contributed by atoms with E-state index in [9.17, 15) is 0 Å². The monoisotopic (exact) mass is 853 g/mol. The van der Waals surface area contributed by atoms with Crippen molar-refractivity contribution in [3.63, 3.8) is 0 Å². The quantitative estimate of drug-likeness (QED) is 0.0633. The van der Waals surface area contributed by atoms with Crippen LogP contribution in [0.25, 0.3) is 9.69 Å². The normalized spacial score (nSPS) is 10.9. The Hall–Kier alpha value is -5.46. The minimum Gasteiger partial charge on any atom is -0.275 e. The molecule has 0 radical (unpaired) electrons. The Morgan fingerprint density at radius 2 is 0.875 bits per heavy atom. The van der Waals surface area contributed by atoms with Crippen molar-refractivity contribution in [3.8, 4) is 0 Å². The number of hydrogen-bond acceptors (Lipinski definition) is 6. The molecule has 2 heterocycles. The third-order valence-corrected chi connectivity index (χ3v) is 26.0. The number of anilines is 2. The zero-order valence-corrected chi connectivity index (χ0v) is 36.2. The summed E-state index contributed by atoms with van der Waals surface area (Å²) in [5.74, 6) is 0. The molecule has 0 aliphatic carbocycles. The van der Waals surface area contributed by atoms with E-state index in [0.29, 0.717) is 17.9 Å². The number of hydrogen-bond donors (Lipinski definition) is 0. The fourth-order valence-corrected chi connectivity index (χ4v) is 22.9. The molecule has 11 heteroatoms. The Balaban J connectivity index is 0.000000234. The maximum Gasteiger partial charge on any atom is 0.187 e. The van der Waals surface area contributed by atoms with Gasteiger partial charge in [0.25, 0.3) is 0 Å². The average molecular weight is 853 g/mol. The van der Waals surface area contributed by atoms with Crippen LogP contribution in [0.1, 0.15) is 76.0 Å². The van der Waals surface area contributed by atoms with Gasteiger partial charge in [-0.25, -0.2) is 9.52 Å². The number of aromatic nitrogens is 6. The maximum absolute atomic E-state index is 7.23. The fourth-order valence-electron chi connectivity index (χ4n) is 7.01. The molecule has 0 N–H and O–H groups in total. The molecule has 0 amide bonds. The van der Waals surface area contributed by atoms with Gasteiger partial charge in [-0.3, -0.25) is 5.01 Å². The van der Waals surface area contributed by atoms with E-state index in [1.165, 1.54) is 68.5 Å². The Labute approximate surface area is 337 Å². The molecular formula is C45H54N10Sn. The molecule has 0 saturated heterocycles. The van der Waals surface area contributed by atoms with E-state index in [-0.39, 0.29) is 0 Å². The zero-order chi connectivity index (χ0) is 39.6. The van der Waals surface area contributed by atoms with Crippen LogP contribution in [0.4, 0.5) is 22.7 Å². The third-order valence-electron chi connectivity index (χ3n) is 10.3. The largest absolute Gasteiger partial charge is 0.275 e. The van der Waals surface area contributed by atoms with Gasteiger partial charge in [0.1, 0.15) is 12.7 Å². The second-order valence-corrected chi connectivity index (χ2v) is 27.6. The molecule has 2 aromatic heterocycles. The van der Waals surface area contributed by atoms with Gasteiger partial charge in [-0.2, -0.15) is 0 Å². The first-order valence-electron chi connectivity index (χ1n) is 19.8. The van der Waals surface area contributed by atoms with Crippen molar-refractivity contribution in [1.29, 1.82) is 0 Å². The van der Waals surface area contributed by atoms with Crippen LogP contribution in [0.3, 0.4) is 0 Å². The Morgan fingerprint density at radius 1 is 0.518 bits per heavy atom. The van der Waals surface area contributed by atoms with E-state index in [1.54, 1.807) is 28.9 Å². The van der Waals surface area contributed by atoms with E-state index in [2.05, 4.69) is 116 Å². The number of benzene rings is 4. The number of unbranched alkanes of at least 4 members (excludes halogenated alkanes) is 3. The van der Waals surface area contributed by atoms with Gasteiger partial charge < -0.3 is 6.57 Å². The molecule has 56 heavy (non-hydrogen) atoms. The van der Waals surface area contributed by atoms with Crippen molar-refractivity contribution in [2.45, 2.75) is 92.6 Å². The van der Waals surface area contributed by atoms with Crippen molar-refractivity contribution in [2.75, 3.05) is 10.0 Å². The van der Waals surface area contributed by atoms with Crippen molar-refractivity contribution < 1.29 is 0 Å². The number of aryl methyl sites for hydroxylation is 1. The van der Waals surface area contributed by atoms with Crippen LogP contribution in [-0.2, 0) is 13.1 Å². The molecule has 0 unspecified atom stereocenters. The summed E-state index contributed by atoms with van der Waals surface area (Å²) in [4.78, 5) is 6.95. The fraction of sp³-hybridized carbons (Fsp3) is 0.333. The zero-order valence-electron chi connectivity index (χ0n) is 33.3. The summed E-state index contributed by atoms with van der Waals surface area (Å²) in [5.41, 5.74) is 6.96. The molecular weight excluding hydrogens is 798 g/mol. The van der Waals surface area contributed by atoms with Crippen molar-refractivity contribution in [1.82, 2.24) is 29.7 Å². The average Bonchev–Trinajstić information content (AvgIpc) is 3.99. The molecule has 0 aliphatic heterocycles. The van der Waals surface area contributed by atoms with E-state index < -0.39 is 18.4 Å². The van der Waals surface area contributed by atoms with Gasteiger partial charge >= 0.3 is 204 Å². The molecule has 10 nitrogen and oxygen atoms in total. The Morgan fingerprint density at radius 3 is 1.21 bits per heavy atom. The molecule has 4 aromatic carbocycles. The van der Waals surface area contributed by atoms with E-state index in [4.69, 9.17) is 13.1 Å². The minimum atomic E-state index is -2.41. The molecule has 6 aromatic rings. The summed E-state index contributed by atoms with van der Waals surface area (Å²) in [7, 11) is 0. The molecule has 0 saturated carbocycles. The second-order valence-electron chi connectivity index (χ2n) is 14.3. The first kappa shape index (κ1) is 41.7. The van der Waals surface area contributed by atoms with Crippen LogP contribution in [0.15, 0.2) is 122 Å². The minimum absolute atomic E-state index is 0.628. The first-order chi connectivity index (χ1) is 27.4. The van der Waals surface area contributed by atoms with Crippen LogP contribution in [0.5, 0.6) is 0 Å². The van der Waals surface area contributed by atoms with Crippen LogP contribution < -0.4 is 13.6 Å². The molecule has 0 atom stereocenters. The van der Waals surface area contributed by atoms with Crippen LogP contribution in [-0.4, -0.2) is 48.1 Å². The number of rotatable bonds is 18. The summed E-state index contributed by atoms with van der Waals surface area (Å²) < 4.78 is 9.94. The molecule has 0 spiro atoms. The van der Waals surface area contributed by atoms with Crippen molar-refractivity contribution in [3.05, 3.63) is 162 Å². The van der Waals surface area contributed by atoms with E-state index in [0.717, 1.165) is 17.9 Å². The summed E-state index contributed by atoms with van der Waals surface area (Å²) >= 11 is -2.41. The SMILES string of the molecule is [C-]#[N+]c1ccc(N(Cc2cc[c]([Sn]([CH2]CCC)([CH2]CCC)[CH2]CCC)cc2)n2cnnc2)cc1.[C-]#[N+]c1ccc(N(Cc2ccc([11CH3])cc2)n2cnnc2)cc1. The van der Waals surface area contributed by atoms with E-state index >= 15 is 0 Å². The summed E-state index contributed by atoms with van der Waals surface area (Å²) in [6.45, 7) is 24.8. The Kier molecular flexibility index (Phi) is 16.1. The smallest absolute Gasteiger partial charge is 0.187 e. The summed E-state index contributed by atoms with van der Waals surface area (Å²) in [6, 6.07) is 33.2. The maximum atomic E-state index is 7.23. The van der Waals surface area contributed by atoms with Gasteiger partial charge in [0.05, 0.1) is 18.8 Å². The van der Waals surface area contributed by atoms with Crippen molar-refractivity contribution >= 4 is 44.7 Å². The predicted molar refractivity (Wildman–Crippen MR) is 231 cm³/mol. The summed E-state index contributed by atoms with van der Waals surface area (Å²) in [6.07, 6.45) is 14.8. The standard InChI is InChI=1S/C17H15N5.C16H12N5.3C4H9.Sn/c1-14-3-5-15(6-4-14)11-22(21-12-19-20-13-21)17-9-7-16(18-2)8-10-17;1-17-15-7-9-16(10-8-15)21(20-12-18-19-13-20)11-14-5-3-2-4-6-14;3*1-3-4-2;/h3-10,12-13H,11H2,1H3;3-10,12-13H,11H2;3*1,3-4H2,2H3;/i1-1;;;;;. The topological polar surface area (TPSA) is 76.6 Å². The van der Waals surface area contributed by atoms with Gasteiger partial charge in [0.2, 0.25) is 0 Å². The predicted octanol–water partition coefficient (Wildman–Crippen LogP) is 11.0. The van der Waals surface area contributed by atoms with Gasteiger partial charge in [-0.05, 0) is 24.6 Å². The van der Waals surface area contributed by atoms with Crippen LogP contribution in [0.2, 0.25) is 13.3 Å². The van der Waals surface area contributed by atoms with Crippen molar-refractivity contribution in [2.24, 2.45) is 0 Å². The molecule has 0 bridgehead atoms. The van der Waals surface area contributed by atoms with Gasteiger partial charge in [0, 0.05) is 0 Å². The van der Waals surface area contributed by atoms with Crippen LogP contribution >= 0.6 is 0 Å². The first-order valence-corrected chi connectivity index (χ1v) is 27.2. The molecule has 6 rings (SSSR count). The summed E-state index contributed by atoms with van der Waals surface area (Å²) in [5, 5.41) is 20.0.